The number of aromatic amines is 1. The average molecular weight is 281 g/mol. The maximum atomic E-state index is 10.8. The Labute approximate surface area is 121 Å². The minimum absolute atomic E-state index is 0.147. The number of nitrogens with one attached hydrogen (secondary N) is 2. The number of hydrogen-bond donors (Lipinski definition) is 2. The van der Waals surface area contributed by atoms with E-state index in [9.17, 15) is 10.1 Å². The number of rotatable bonds is 4. The molecule has 0 saturated heterocycles. The first-order chi connectivity index (χ1) is 10.1. The fourth-order valence-electron chi connectivity index (χ4n) is 2.38. The smallest absolute Gasteiger partial charge is 0.272 e. The minimum Gasteiger partial charge on any atom is -0.381 e. The molecule has 3 aromatic rings. The van der Waals surface area contributed by atoms with Crippen LogP contribution in [0.2, 0.25) is 0 Å². The number of nitro groups is 1. The summed E-state index contributed by atoms with van der Waals surface area (Å²) in [5.74, 6) is 0. The summed E-state index contributed by atoms with van der Waals surface area (Å²) in [7, 11) is 0. The number of H-pyrrole nitrogens is 1. The molecule has 2 aromatic carbocycles. The molecule has 0 atom stereocenters. The molecule has 0 aliphatic heterocycles. The highest BCUT2D eigenvalue weighted by molar-refractivity contribution is 5.79. The van der Waals surface area contributed by atoms with Gasteiger partial charge in [0.25, 0.3) is 5.69 Å². The van der Waals surface area contributed by atoms with Crippen molar-refractivity contribution in [2.24, 2.45) is 0 Å². The molecule has 0 radical (unpaired) electrons. The molecule has 0 amide bonds. The standard InChI is InChI=1S/C16H15N3O2/c1-11-8-14(4-5-16(11)19(20)21)18-10-12-2-3-13-6-7-17-15(13)9-12/h2-9,17-18H,10H2,1H3. The summed E-state index contributed by atoms with van der Waals surface area (Å²) in [5.41, 5.74) is 3.94. The topological polar surface area (TPSA) is 71.0 Å². The second-order valence-electron chi connectivity index (χ2n) is 5.01. The largest absolute Gasteiger partial charge is 0.381 e. The Balaban J connectivity index is 1.75. The second-order valence-corrected chi connectivity index (χ2v) is 5.01. The van der Waals surface area contributed by atoms with Gasteiger partial charge in [-0.3, -0.25) is 10.1 Å². The van der Waals surface area contributed by atoms with Gasteiger partial charge in [0.1, 0.15) is 0 Å². The molecule has 21 heavy (non-hydrogen) atoms. The summed E-state index contributed by atoms with van der Waals surface area (Å²) in [6.45, 7) is 2.42. The normalized spacial score (nSPS) is 10.7. The predicted octanol–water partition coefficient (Wildman–Crippen LogP) is 4.00. The second kappa shape index (κ2) is 5.28. The van der Waals surface area contributed by atoms with Gasteiger partial charge in [-0.1, -0.05) is 12.1 Å². The molecule has 3 rings (SSSR count). The Hall–Kier alpha value is -2.82. The lowest BCUT2D eigenvalue weighted by Crippen LogP contribution is -2.00. The highest BCUT2D eigenvalue weighted by Crippen LogP contribution is 2.22. The van der Waals surface area contributed by atoms with Crippen LogP contribution in [0.15, 0.2) is 48.7 Å². The van der Waals surface area contributed by atoms with Crippen molar-refractivity contribution >= 4 is 22.3 Å². The summed E-state index contributed by atoms with van der Waals surface area (Å²) >= 11 is 0. The van der Waals surface area contributed by atoms with Crippen molar-refractivity contribution < 1.29 is 4.92 Å². The summed E-state index contributed by atoms with van der Waals surface area (Å²) in [5, 5.41) is 15.3. The lowest BCUT2D eigenvalue weighted by molar-refractivity contribution is -0.385. The number of nitrogens with zero attached hydrogens (tertiary/aromatic N) is 1. The Morgan fingerprint density at radius 2 is 2.05 bits per heavy atom. The fraction of sp³-hybridized carbons (Fsp3) is 0.125. The number of aryl methyl sites for hydroxylation is 1. The van der Waals surface area contributed by atoms with E-state index in [0.717, 1.165) is 16.8 Å². The molecule has 0 unspecified atom stereocenters. The van der Waals surface area contributed by atoms with Gasteiger partial charge in [0.2, 0.25) is 0 Å². The Bertz CT molecular complexity index is 808. The molecule has 106 valence electrons. The Morgan fingerprint density at radius 1 is 1.19 bits per heavy atom. The number of benzene rings is 2. The van der Waals surface area contributed by atoms with E-state index in [0.29, 0.717) is 12.1 Å². The first kappa shape index (κ1) is 13.2. The van der Waals surface area contributed by atoms with Crippen LogP contribution in [0.3, 0.4) is 0 Å². The van der Waals surface area contributed by atoms with Gasteiger partial charge in [0.15, 0.2) is 0 Å². The Morgan fingerprint density at radius 3 is 2.81 bits per heavy atom. The molecule has 0 spiro atoms. The quantitative estimate of drug-likeness (QED) is 0.561. The van der Waals surface area contributed by atoms with Crippen LogP contribution in [0.1, 0.15) is 11.1 Å². The van der Waals surface area contributed by atoms with E-state index in [1.807, 2.05) is 12.3 Å². The first-order valence-corrected chi connectivity index (χ1v) is 6.68. The molecule has 0 bridgehead atoms. The average Bonchev–Trinajstić information content (AvgIpc) is 2.92. The van der Waals surface area contributed by atoms with E-state index in [2.05, 4.69) is 28.5 Å². The maximum absolute atomic E-state index is 10.8. The Kier molecular flexibility index (Phi) is 3.31. The van der Waals surface area contributed by atoms with Gasteiger partial charge < -0.3 is 10.3 Å². The molecule has 5 heteroatoms. The van der Waals surface area contributed by atoms with Crippen molar-refractivity contribution in [3.8, 4) is 0 Å². The zero-order valence-corrected chi connectivity index (χ0v) is 11.6. The van der Waals surface area contributed by atoms with Gasteiger partial charge in [0, 0.05) is 35.6 Å². The molecule has 0 fully saturated rings. The molecule has 5 nitrogen and oxygen atoms in total. The van der Waals surface area contributed by atoms with Crippen LogP contribution < -0.4 is 5.32 Å². The first-order valence-electron chi connectivity index (χ1n) is 6.68. The van der Waals surface area contributed by atoms with Crippen molar-refractivity contribution in [2.75, 3.05) is 5.32 Å². The van der Waals surface area contributed by atoms with Gasteiger partial charge in [0.05, 0.1) is 4.92 Å². The van der Waals surface area contributed by atoms with E-state index in [-0.39, 0.29) is 10.6 Å². The van der Waals surface area contributed by atoms with E-state index >= 15 is 0 Å². The molecule has 0 saturated carbocycles. The zero-order valence-electron chi connectivity index (χ0n) is 11.6. The SMILES string of the molecule is Cc1cc(NCc2ccc3cc[nH]c3c2)ccc1[N+](=O)[O-]. The van der Waals surface area contributed by atoms with Crippen molar-refractivity contribution in [1.82, 2.24) is 4.98 Å². The summed E-state index contributed by atoms with van der Waals surface area (Å²) in [4.78, 5) is 13.6. The third-order valence-electron chi connectivity index (χ3n) is 3.51. The summed E-state index contributed by atoms with van der Waals surface area (Å²) in [6, 6.07) is 13.3. The van der Waals surface area contributed by atoms with Gasteiger partial charge in [-0.25, -0.2) is 0 Å². The van der Waals surface area contributed by atoms with E-state index in [1.54, 1.807) is 19.1 Å². The number of nitro benzene ring substituents is 1. The van der Waals surface area contributed by atoms with Crippen molar-refractivity contribution in [3.63, 3.8) is 0 Å². The van der Waals surface area contributed by atoms with Crippen LogP contribution in [0.4, 0.5) is 11.4 Å². The van der Waals surface area contributed by atoms with E-state index in [1.165, 1.54) is 11.5 Å². The zero-order chi connectivity index (χ0) is 14.8. The van der Waals surface area contributed by atoms with E-state index in [4.69, 9.17) is 0 Å². The highest BCUT2D eigenvalue weighted by atomic mass is 16.6. The van der Waals surface area contributed by atoms with Crippen LogP contribution >= 0.6 is 0 Å². The van der Waals surface area contributed by atoms with Crippen LogP contribution in [0.25, 0.3) is 10.9 Å². The molecule has 1 heterocycles. The van der Waals surface area contributed by atoms with Crippen LogP contribution in [0, 0.1) is 17.0 Å². The van der Waals surface area contributed by atoms with Crippen LogP contribution in [0.5, 0.6) is 0 Å². The van der Waals surface area contributed by atoms with Crippen molar-refractivity contribution in [2.45, 2.75) is 13.5 Å². The molecule has 1 aromatic heterocycles. The minimum atomic E-state index is -0.363. The van der Waals surface area contributed by atoms with Gasteiger partial charge in [-0.2, -0.15) is 0 Å². The third-order valence-corrected chi connectivity index (χ3v) is 3.51. The van der Waals surface area contributed by atoms with Crippen LogP contribution in [-0.4, -0.2) is 9.91 Å². The third kappa shape index (κ3) is 2.72. The van der Waals surface area contributed by atoms with E-state index < -0.39 is 0 Å². The highest BCUT2D eigenvalue weighted by Gasteiger charge is 2.09. The lowest BCUT2D eigenvalue weighted by atomic mass is 10.1. The molecular formula is C16H15N3O2. The molecule has 0 aliphatic carbocycles. The fourth-order valence-corrected chi connectivity index (χ4v) is 2.38. The number of anilines is 1. The van der Waals surface area contributed by atoms with Crippen molar-refractivity contribution in [1.29, 1.82) is 0 Å². The van der Waals surface area contributed by atoms with Gasteiger partial charge in [-0.05, 0) is 42.1 Å². The monoisotopic (exact) mass is 281 g/mol. The lowest BCUT2D eigenvalue weighted by Gasteiger charge is -2.08. The molecule has 0 aliphatic rings. The summed E-state index contributed by atoms with van der Waals surface area (Å²) < 4.78 is 0. The summed E-state index contributed by atoms with van der Waals surface area (Å²) in [6.07, 6.45) is 1.92. The van der Waals surface area contributed by atoms with Gasteiger partial charge >= 0.3 is 0 Å². The number of fused-ring (bicyclic) bond motifs is 1. The number of hydrogen-bond acceptors (Lipinski definition) is 3. The van der Waals surface area contributed by atoms with Crippen molar-refractivity contribution in [3.05, 3.63) is 69.9 Å². The predicted molar refractivity (Wildman–Crippen MR) is 83.5 cm³/mol. The molecule has 2 N–H and O–H groups in total. The maximum Gasteiger partial charge on any atom is 0.272 e. The molecular weight excluding hydrogens is 266 g/mol. The van der Waals surface area contributed by atoms with Gasteiger partial charge in [-0.15, -0.1) is 0 Å². The number of aromatic nitrogens is 1. The van der Waals surface area contributed by atoms with Crippen LogP contribution in [-0.2, 0) is 6.54 Å².